The van der Waals surface area contributed by atoms with Gasteiger partial charge < -0.3 is 10.6 Å². The van der Waals surface area contributed by atoms with Crippen molar-refractivity contribution in [3.05, 3.63) is 0 Å². The van der Waals surface area contributed by atoms with Crippen LogP contribution in [-0.4, -0.2) is 30.6 Å². The molecule has 2 N–H and O–H groups in total. The molecule has 0 aromatic rings. The van der Waals surface area contributed by atoms with Crippen molar-refractivity contribution in [2.45, 2.75) is 78.2 Å². The highest BCUT2D eigenvalue weighted by atomic mass is 15.2. The highest BCUT2D eigenvalue weighted by molar-refractivity contribution is 4.92. The van der Waals surface area contributed by atoms with Crippen molar-refractivity contribution in [1.29, 1.82) is 0 Å². The topological polar surface area (TPSA) is 29.3 Å². The standard InChI is InChI=1S/C16H34N2/c1-4-10-15-13-16(3,14-18(15)5-2)11-8-6-7-9-12-17/h15H,4-14,17H2,1-3H3. The molecule has 0 aromatic carbocycles. The van der Waals surface area contributed by atoms with Crippen LogP contribution in [0, 0.1) is 5.41 Å². The van der Waals surface area contributed by atoms with E-state index in [2.05, 4.69) is 25.7 Å². The Labute approximate surface area is 114 Å². The number of hydrogen-bond acceptors (Lipinski definition) is 2. The summed E-state index contributed by atoms with van der Waals surface area (Å²) in [7, 11) is 0. The number of hydrogen-bond donors (Lipinski definition) is 1. The average molecular weight is 254 g/mol. The van der Waals surface area contributed by atoms with Gasteiger partial charge in [-0.05, 0) is 44.2 Å². The van der Waals surface area contributed by atoms with Crippen molar-refractivity contribution >= 4 is 0 Å². The van der Waals surface area contributed by atoms with Gasteiger partial charge in [0.2, 0.25) is 0 Å². The van der Waals surface area contributed by atoms with Crippen LogP contribution in [-0.2, 0) is 0 Å². The number of nitrogens with two attached hydrogens (primary N) is 1. The van der Waals surface area contributed by atoms with Gasteiger partial charge in [0, 0.05) is 12.6 Å². The molecule has 0 amide bonds. The Morgan fingerprint density at radius 3 is 2.50 bits per heavy atom. The molecular formula is C16H34N2. The van der Waals surface area contributed by atoms with Gasteiger partial charge in [0.25, 0.3) is 0 Å². The fourth-order valence-electron chi connectivity index (χ4n) is 3.60. The summed E-state index contributed by atoms with van der Waals surface area (Å²) in [4.78, 5) is 2.71. The molecule has 0 radical (unpaired) electrons. The summed E-state index contributed by atoms with van der Waals surface area (Å²) in [6.45, 7) is 10.6. The van der Waals surface area contributed by atoms with E-state index in [0.717, 1.165) is 12.6 Å². The van der Waals surface area contributed by atoms with Gasteiger partial charge in [-0.2, -0.15) is 0 Å². The highest BCUT2D eigenvalue weighted by Crippen LogP contribution is 2.40. The van der Waals surface area contributed by atoms with Crippen LogP contribution in [0.1, 0.15) is 72.1 Å². The van der Waals surface area contributed by atoms with Crippen LogP contribution < -0.4 is 5.73 Å². The average Bonchev–Trinajstić information content (AvgIpc) is 2.67. The maximum absolute atomic E-state index is 5.54. The van der Waals surface area contributed by atoms with E-state index in [0.29, 0.717) is 5.41 Å². The minimum absolute atomic E-state index is 0.582. The minimum atomic E-state index is 0.582. The number of nitrogens with zero attached hydrogens (tertiary/aromatic N) is 1. The number of likely N-dealkylation sites (tertiary alicyclic amines) is 1. The second-order valence-electron chi connectivity index (χ2n) is 6.47. The molecule has 1 fully saturated rings. The van der Waals surface area contributed by atoms with Crippen molar-refractivity contribution in [3.8, 4) is 0 Å². The van der Waals surface area contributed by atoms with Gasteiger partial charge in [-0.3, -0.25) is 0 Å². The van der Waals surface area contributed by atoms with Gasteiger partial charge in [-0.15, -0.1) is 0 Å². The molecule has 1 aliphatic rings. The Bertz CT molecular complexity index is 217. The molecule has 0 aliphatic carbocycles. The molecule has 2 unspecified atom stereocenters. The van der Waals surface area contributed by atoms with Gasteiger partial charge in [0.15, 0.2) is 0 Å². The van der Waals surface area contributed by atoms with E-state index in [9.17, 15) is 0 Å². The summed E-state index contributed by atoms with van der Waals surface area (Å²) in [5.41, 5.74) is 6.12. The lowest BCUT2D eigenvalue weighted by atomic mass is 9.82. The minimum Gasteiger partial charge on any atom is -0.330 e. The molecule has 0 bridgehead atoms. The molecule has 2 heteroatoms. The number of rotatable bonds is 9. The molecule has 108 valence electrons. The first-order valence-corrected chi connectivity index (χ1v) is 8.09. The third kappa shape index (κ3) is 4.89. The second kappa shape index (κ2) is 8.16. The van der Waals surface area contributed by atoms with E-state index in [1.54, 1.807) is 0 Å². The second-order valence-corrected chi connectivity index (χ2v) is 6.47. The normalized spacial score (nSPS) is 29.0. The van der Waals surface area contributed by atoms with E-state index < -0.39 is 0 Å². The van der Waals surface area contributed by atoms with Crippen molar-refractivity contribution in [2.24, 2.45) is 11.1 Å². The monoisotopic (exact) mass is 254 g/mol. The maximum atomic E-state index is 5.54. The molecule has 0 aromatic heterocycles. The van der Waals surface area contributed by atoms with Crippen LogP contribution in [0.15, 0.2) is 0 Å². The first-order chi connectivity index (χ1) is 8.65. The Morgan fingerprint density at radius 2 is 1.89 bits per heavy atom. The van der Waals surface area contributed by atoms with E-state index in [4.69, 9.17) is 5.73 Å². The molecule has 1 rings (SSSR count). The predicted molar refractivity (Wildman–Crippen MR) is 80.8 cm³/mol. The zero-order chi connectivity index (χ0) is 13.4. The largest absolute Gasteiger partial charge is 0.330 e. The van der Waals surface area contributed by atoms with E-state index in [1.165, 1.54) is 64.5 Å². The Morgan fingerprint density at radius 1 is 1.17 bits per heavy atom. The molecule has 18 heavy (non-hydrogen) atoms. The Balaban J connectivity index is 2.31. The van der Waals surface area contributed by atoms with Gasteiger partial charge in [-0.25, -0.2) is 0 Å². The lowest BCUT2D eigenvalue weighted by Crippen LogP contribution is -2.29. The quantitative estimate of drug-likeness (QED) is 0.634. The molecule has 0 spiro atoms. The fraction of sp³-hybridized carbons (Fsp3) is 1.00. The van der Waals surface area contributed by atoms with Crippen LogP contribution in [0.4, 0.5) is 0 Å². The van der Waals surface area contributed by atoms with Crippen LogP contribution in [0.25, 0.3) is 0 Å². The van der Waals surface area contributed by atoms with Gasteiger partial charge >= 0.3 is 0 Å². The van der Waals surface area contributed by atoms with E-state index in [1.807, 2.05) is 0 Å². The third-order valence-electron chi connectivity index (χ3n) is 4.59. The Kier molecular flexibility index (Phi) is 7.25. The zero-order valence-electron chi connectivity index (χ0n) is 12.9. The summed E-state index contributed by atoms with van der Waals surface area (Å²) in [6, 6.07) is 0.856. The summed E-state index contributed by atoms with van der Waals surface area (Å²) in [5, 5.41) is 0. The number of unbranched alkanes of at least 4 members (excludes halogenated alkanes) is 3. The summed E-state index contributed by atoms with van der Waals surface area (Å²) < 4.78 is 0. The maximum Gasteiger partial charge on any atom is 0.0101 e. The molecular weight excluding hydrogens is 220 g/mol. The van der Waals surface area contributed by atoms with Gasteiger partial charge in [0.05, 0.1) is 0 Å². The van der Waals surface area contributed by atoms with Crippen LogP contribution in [0.2, 0.25) is 0 Å². The molecule has 2 nitrogen and oxygen atoms in total. The molecule has 1 saturated heterocycles. The predicted octanol–water partition coefficient (Wildman–Crippen LogP) is 3.80. The first-order valence-electron chi connectivity index (χ1n) is 8.09. The van der Waals surface area contributed by atoms with E-state index >= 15 is 0 Å². The smallest absolute Gasteiger partial charge is 0.0101 e. The molecule has 2 atom stereocenters. The van der Waals surface area contributed by atoms with Crippen molar-refractivity contribution in [1.82, 2.24) is 4.90 Å². The molecule has 1 aliphatic heterocycles. The van der Waals surface area contributed by atoms with Crippen LogP contribution in [0.5, 0.6) is 0 Å². The summed E-state index contributed by atoms with van der Waals surface area (Å²) >= 11 is 0. The van der Waals surface area contributed by atoms with Crippen LogP contribution in [0.3, 0.4) is 0 Å². The lowest BCUT2D eigenvalue weighted by Gasteiger charge is -2.24. The van der Waals surface area contributed by atoms with Crippen molar-refractivity contribution in [2.75, 3.05) is 19.6 Å². The highest BCUT2D eigenvalue weighted by Gasteiger charge is 2.38. The lowest BCUT2D eigenvalue weighted by molar-refractivity contribution is 0.234. The zero-order valence-corrected chi connectivity index (χ0v) is 12.9. The van der Waals surface area contributed by atoms with Crippen molar-refractivity contribution < 1.29 is 0 Å². The first kappa shape index (κ1) is 16.0. The van der Waals surface area contributed by atoms with Gasteiger partial charge in [-0.1, -0.05) is 46.5 Å². The molecule has 0 saturated carbocycles. The Hall–Kier alpha value is -0.0800. The SMILES string of the molecule is CCCC1CC(C)(CCCCCCN)CN1CC. The fourth-order valence-corrected chi connectivity index (χ4v) is 3.60. The van der Waals surface area contributed by atoms with E-state index in [-0.39, 0.29) is 0 Å². The van der Waals surface area contributed by atoms with Crippen LogP contribution >= 0.6 is 0 Å². The van der Waals surface area contributed by atoms with Gasteiger partial charge in [0.1, 0.15) is 0 Å². The van der Waals surface area contributed by atoms with Crippen molar-refractivity contribution in [3.63, 3.8) is 0 Å². The third-order valence-corrected chi connectivity index (χ3v) is 4.59. The summed E-state index contributed by atoms with van der Waals surface area (Å²) in [6.07, 6.45) is 10.8. The summed E-state index contributed by atoms with van der Waals surface area (Å²) in [5.74, 6) is 0. The molecule has 1 heterocycles.